The maximum atomic E-state index is 12.0. The molecular formula is C13H16IN5O. The topological polar surface area (TPSA) is 72.7 Å². The lowest BCUT2D eigenvalue weighted by Crippen LogP contribution is -2.24. The highest BCUT2D eigenvalue weighted by Crippen LogP contribution is 2.07. The van der Waals surface area contributed by atoms with E-state index in [0.717, 1.165) is 24.5 Å². The average Bonchev–Trinajstić information content (AvgIpc) is 2.41. The van der Waals surface area contributed by atoms with Gasteiger partial charge in [-0.25, -0.2) is 15.0 Å². The largest absolute Gasteiger partial charge is 0.370 e. The standard InChI is InChI=1S/C13H16IN5O/c1-3-4-16-11-5-9(2)17-12(18-11)7-19-8-15-6-10(14)13(19)20/h5-6,8H,3-4,7H2,1-2H3,(H,16,17,18). The van der Waals surface area contributed by atoms with Crippen molar-refractivity contribution < 1.29 is 0 Å². The molecule has 0 aliphatic carbocycles. The molecule has 0 spiro atoms. The van der Waals surface area contributed by atoms with Crippen molar-refractivity contribution in [3.8, 4) is 0 Å². The quantitative estimate of drug-likeness (QED) is 0.795. The molecule has 2 rings (SSSR count). The van der Waals surface area contributed by atoms with Crippen molar-refractivity contribution in [3.05, 3.63) is 44.0 Å². The molecule has 20 heavy (non-hydrogen) atoms. The highest BCUT2D eigenvalue weighted by Gasteiger charge is 2.06. The first-order valence-electron chi connectivity index (χ1n) is 6.38. The van der Waals surface area contributed by atoms with Gasteiger partial charge in [-0.2, -0.15) is 0 Å². The minimum absolute atomic E-state index is 0.0752. The Morgan fingerprint density at radius 2 is 2.20 bits per heavy atom. The van der Waals surface area contributed by atoms with Crippen LogP contribution in [-0.4, -0.2) is 26.1 Å². The van der Waals surface area contributed by atoms with Gasteiger partial charge in [-0.05, 0) is 35.9 Å². The summed E-state index contributed by atoms with van der Waals surface area (Å²) in [6, 6.07) is 1.90. The van der Waals surface area contributed by atoms with Gasteiger partial charge >= 0.3 is 0 Å². The maximum Gasteiger partial charge on any atom is 0.267 e. The second kappa shape index (κ2) is 6.78. The van der Waals surface area contributed by atoms with Crippen molar-refractivity contribution in [2.75, 3.05) is 11.9 Å². The van der Waals surface area contributed by atoms with Crippen LogP contribution in [0.5, 0.6) is 0 Å². The van der Waals surface area contributed by atoms with E-state index in [-0.39, 0.29) is 5.56 Å². The van der Waals surface area contributed by atoms with E-state index in [1.807, 2.05) is 35.6 Å². The summed E-state index contributed by atoms with van der Waals surface area (Å²) in [5, 5.41) is 3.23. The molecule has 0 amide bonds. The van der Waals surface area contributed by atoms with Crippen LogP contribution in [0.15, 0.2) is 23.4 Å². The number of hydrogen-bond donors (Lipinski definition) is 1. The lowest BCUT2D eigenvalue weighted by Gasteiger charge is -2.09. The molecule has 106 valence electrons. The van der Waals surface area contributed by atoms with Crippen LogP contribution in [0.1, 0.15) is 24.9 Å². The van der Waals surface area contributed by atoms with Gasteiger partial charge in [0, 0.05) is 24.5 Å². The van der Waals surface area contributed by atoms with Gasteiger partial charge in [-0.15, -0.1) is 0 Å². The SMILES string of the molecule is CCCNc1cc(C)nc(Cn2cncc(I)c2=O)n1. The van der Waals surface area contributed by atoms with E-state index < -0.39 is 0 Å². The van der Waals surface area contributed by atoms with Crippen LogP contribution >= 0.6 is 22.6 Å². The Balaban J connectivity index is 2.26. The van der Waals surface area contributed by atoms with Crippen molar-refractivity contribution >= 4 is 28.4 Å². The average molecular weight is 385 g/mol. The van der Waals surface area contributed by atoms with Crippen molar-refractivity contribution in [1.82, 2.24) is 19.5 Å². The molecule has 0 saturated carbocycles. The van der Waals surface area contributed by atoms with Crippen molar-refractivity contribution in [2.24, 2.45) is 0 Å². The van der Waals surface area contributed by atoms with Crippen LogP contribution < -0.4 is 10.9 Å². The second-order valence-corrected chi connectivity index (χ2v) is 5.57. The zero-order valence-corrected chi connectivity index (χ0v) is 13.6. The van der Waals surface area contributed by atoms with E-state index in [0.29, 0.717) is 15.9 Å². The van der Waals surface area contributed by atoms with E-state index in [1.165, 1.54) is 10.9 Å². The Bertz CT molecular complexity index is 655. The van der Waals surface area contributed by atoms with Crippen LogP contribution in [0.2, 0.25) is 0 Å². The summed E-state index contributed by atoms with van der Waals surface area (Å²) in [4.78, 5) is 24.8. The van der Waals surface area contributed by atoms with Gasteiger partial charge in [0.15, 0.2) is 5.82 Å². The van der Waals surface area contributed by atoms with Crippen LogP contribution in [0.25, 0.3) is 0 Å². The molecule has 2 aromatic heterocycles. The molecule has 7 heteroatoms. The number of hydrogen-bond acceptors (Lipinski definition) is 5. The fourth-order valence-corrected chi connectivity index (χ4v) is 2.20. The number of halogens is 1. The second-order valence-electron chi connectivity index (χ2n) is 4.41. The monoisotopic (exact) mass is 385 g/mol. The molecule has 0 fully saturated rings. The number of rotatable bonds is 5. The van der Waals surface area contributed by atoms with Crippen LogP contribution in [0.3, 0.4) is 0 Å². The number of nitrogens with zero attached hydrogens (tertiary/aromatic N) is 4. The predicted octanol–water partition coefficient (Wildman–Crippen LogP) is 1.82. The maximum absolute atomic E-state index is 12.0. The van der Waals surface area contributed by atoms with Gasteiger partial charge in [-0.3, -0.25) is 9.36 Å². The first kappa shape index (κ1) is 14.9. The van der Waals surface area contributed by atoms with E-state index >= 15 is 0 Å². The lowest BCUT2D eigenvalue weighted by molar-refractivity contribution is 0.690. The summed E-state index contributed by atoms with van der Waals surface area (Å²) >= 11 is 1.98. The Morgan fingerprint density at radius 3 is 2.95 bits per heavy atom. The smallest absolute Gasteiger partial charge is 0.267 e. The molecular weight excluding hydrogens is 369 g/mol. The molecule has 0 radical (unpaired) electrons. The summed E-state index contributed by atoms with van der Waals surface area (Å²) in [5.74, 6) is 1.40. The predicted molar refractivity (Wildman–Crippen MR) is 85.9 cm³/mol. The first-order chi connectivity index (χ1) is 9.60. The molecule has 2 aromatic rings. The third kappa shape index (κ3) is 3.75. The third-order valence-corrected chi connectivity index (χ3v) is 3.37. The summed E-state index contributed by atoms with van der Waals surface area (Å²) < 4.78 is 2.10. The van der Waals surface area contributed by atoms with Gasteiger partial charge in [0.2, 0.25) is 0 Å². The number of nitrogens with one attached hydrogen (secondary N) is 1. The first-order valence-corrected chi connectivity index (χ1v) is 7.46. The summed E-state index contributed by atoms with van der Waals surface area (Å²) in [6.07, 6.45) is 4.08. The van der Waals surface area contributed by atoms with E-state index in [9.17, 15) is 4.79 Å². The fourth-order valence-electron chi connectivity index (χ4n) is 1.73. The molecule has 0 bridgehead atoms. The minimum Gasteiger partial charge on any atom is -0.370 e. The Morgan fingerprint density at radius 1 is 1.40 bits per heavy atom. The number of aryl methyl sites for hydroxylation is 1. The van der Waals surface area contributed by atoms with Crippen LogP contribution in [-0.2, 0) is 6.54 Å². The molecule has 0 unspecified atom stereocenters. The van der Waals surface area contributed by atoms with Gasteiger partial charge < -0.3 is 5.32 Å². The summed E-state index contributed by atoms with van der Waals surface area (Å²) in [7, 11) is 0. The Kier molecular flexibility index (Phi) is 5.05. The van der Waals surface area contributed by atoms with E-state index in [1.54, 1.807) is 6.20 Å². The molecule has 0 saturated heterocycles. The highest BCUT2D eigenvalue weighted by atomic mass is 127. The van der Waals surface area contributed by atoms with Gasteiger partial charge in [0.05, 0.1) is 16.4 Å². The van der Waals surface area contributed by atoms with Crippen molar-refractivity contribution in [1.29, 1.82) is 0 Å². The molecule has 0 aromatic carbocycles. The van der Waals surface area contributed by atoms with Crippen LogP contribution in [0, 0.1) is 10.5 Å². The lowest BCUT2D eigenvalue weighted by atomic mass is 10.4. The van der Waals surface area contributed by atoms with Gasteiger partial charge in [-0.1, -0.05) is 6.92 Å². The van der Waals surface area contributed by atoms with Gasteiger partial charge in [0.25, 0.3) is 5.56 Å². The minimum atomic E-state index is -0.0752. The third-order valence-electron chi connectivity index (χ3n) is 2.63. The molecule has 6 nitrogen and oxygen atoms in total. The fraction of sp³-hybridized carbons (Fsp3) is 0.385. The summed E-state index contributed by atoms with van der Waals surface area (Å²) in [6.45, 7) is 5.20. The zero-order valence-electron chi connectivity index (χ0n) is 11.4. The Hall–Kier alpha value is -1.51. The molecule has 0 aliphatic rings. The van der Waals surface area contributed by atoms with Gasteiger partial charge in [0.1, 0.15) is 5.82 Å². The normalized spacial score (nSPS) is 10.6. The number of aromatic nitrogens is 4. The number of anilines is 1. The highest BCUT2D eigenvalue weighted by molar-refractivity contribution is 14.1. The Labute approximate surface area is 130 Å². The molecule has 2 heterocycles. The van der Waals surface area contributed by atoms with Crippen molar-refractivity contribution in [3.63, 3.8) is 0 Å². The molecule has 1 N–H and O–H groups in total. The molecule has 0 atom stereocenters. The van der Waals surface area contributed by atoms with Crippen LogP contribution in [0.4, 0.5) is 5.82 Å². The van der Waals surface area contributed by atoms with E-state index in [2.05, 4.69) is 27.2 Å². The molecule has 0 aliphatic heterocycles. The van der Waals surface area contributed by atoms with E-state index in [4.69, 9.17) is 0 Å². The van der Waals surface area contributed by atoms with Crippen molar-refractivity contribution in [2.45, 2.75) is 26.8 Å². The zero-order chi connectivity index (χ0) is 14.5. The summed E-state index contributed by atoms with van der Waals surface area (Å²) in [5.41, 5.74) is 0.800.